The van der Waals surface area contributed by atoms with Gasteiger partial charge < -0.3 is 20.5 Å². The SMILES string of the molecule is C[C@@H](CN)NC(=O)Cc1ccc2c(c1)OCO2.Cl. The van der Waals surface area contributed by atoms with Crippen LogP contribution in [-0.2, 0) is 11.2 Å². The number of nitrogens with one attached hydrogen (secondary N) is 1. The van der Waals surface area contributed by atoms with Crippen molar-refractivity contribution in [2.75, 3.05) is 13.3 Å². The minimum atomic E-state index is -0.0400. The number of fused-ring (bicyclic) bond motifs is 1. The normalized spacial score (nSPS) is 13.7. The molecule has 100 valence electrons. The summed E-state index contributed by atoms with van der Waals surface area (Å²) in [6.07, 6.45) is 0.320. The van der Waals surface area contributed by atoms with Crippen molar-refractivity contribution in [1.82, 2.24) is 5.32 Å². The van der Waals surface area contributed by atoms with Crippen molar-refractivity contribution in [3.05, 3.63) is 23.8 Å². The smallest absolute Gasteiger partial charge is 0.231 e. The highest BCUT2D eigenvalue weighted by Crippen LogP contribution is 2.32. The van der Waals surface area contributed by atoms with Gasteiger partial charge in [-0.15, -0.1) is 12.4 Å². The summed E-state index contributed by atoms with van der Waals surface area (Å²) in [6.45, 7) is 2.56. The molecule has 1 aromatic carbocycles. The summed E-state index contributed by atoms with van der Waals surface area (Å²) in [4.78, 5) is 11.6. The Balaban J connectivity index is 0.00000162. The Bertz CT molecular complexity index is 426. The van der Waals surface area contributed by atoms with Gasteiger partial charge in [0.1, 0.15) is 0 Å². The summed E-state index contributed by atoms with van der Waals surface area (Å²) >= 11 is 0. The molecule has 1 atom stereocenters. The minimum absolute atomic E-state index is 0. The lowest BCUT2D eigenvalue weighted by atomic mass is 10.1. The van der Waals surface area contributed by atoms with E-state index in [4.69, 9.17) is 15.2 Å². The summed E-state index contributed by atoms with van der Waals surface area (Å²) in [5.41, 5.74) is 6.34. The monoisotopic (exact) mass is 272 g/mol. The number of benzene rings is 1. The third-order valence-corrected chi connectivity index (χ3v) is 2.56. The summed E-state index contributed by atoms with van der Waals surface area (Å²) in [5.74, 6) is 1.38. The van der Waals surface area contributed by atoms with Crippen LogP contribution in [0.4, 0.5) is 0 Å². The summed E-state index contributed by atoms with van der Waals surface area (Å²) in [5, 5.41) is 2.81. The van der Waals surface area contributed by atoms with Crippen molar-refractivity contribution >= 4 is 18.3 Å². The molecule has 1 aromatic rings. The van der Waals surface area contributed by atoms with Crippen LogP contribution in [0.15, 0.2) is 18.2 Å². The molecule has 0 aromatic heterocycles. The Morgan fingerprint density at radius 2 is 2.17 bits per heavy atom. The van der Waals surface area contributed by atoms with Gasteiger partial charge in [0.2, 0.25) is 12.7 Å². The zero-order chi connectivity index (χ0) is 12.3. The van der Waals surface area contributed by atoms with Crippen LogP contribution < -0.4 is 20.5 Å². The number of ether oxygens (including phenoxy) is 2. The molecular formula is C12H17ClN2O3. The molecule has 6 heteroatoms. The van der Waals surface area contributed by atoms with E-state index in [2.05, 4.69) is 5.32 Å². The van der Waals surface area contributed by atoms with E-state index in [9.17, 15) is 4.79 Å². The van der Waals surface area contributed by atoms with Gasteiger partial charge in [-0.3, -0.25) is 4.79 Å². The highest BCUT2D eigenvalue weighted by Gasteiger charge is 2.14. The van der Waals surface area contributed by atoms with Gasteiger partial charge >= 0.3 is 0 Å². The molecular weight excluding hydrogens is 256 g/mol. The van der Waals surface area contributed by atoms with Crippen LogP contribution in [0.5, 0.6) is 11.5 Å². The Morgan fingerprint density at radius 3 is 2.89 bits per heavy atom. The summed E-state index contributed by atoms with van der Waals surface area (Å²) in [7, 11) is 0. The van der Waals surface area contributed by atoms with E-state index >= 15 is 0 Å². The van der Waals surface area contributed by atoms with E-state index in [-0.39, 0.29) is 31.1 Å². The van der Waals surface area contributed by atoms with Gasteiger partial charge in [0.25, 0.3) is 0 Å². The predicted octanol–water partition coefficient (Wildman–Crippen LogP) is 0.843. The molecule has 1 aliphatic rings. The molecule has 0 aliphatic carbocycles. The van der Waals surface area contributed by atoms with Crippen molar-refractivity contribution in [3.63, 3.8) is 0 Å². The van der Waals surface area contributed by atoms with Crippen LogP contribution in [0.25, 0.3) is 0 Å². The van der Waals surface area contributed by atoms with E-state index in [0.29, 0.717) is 18.7 Å². The Kier molecular flexibility index (Phi) is 5.25. The molecule has 18 heavy (non-hydrogen) atoms. The molecule has 0 saturated heterocycles. The van der Waals surface area contributed by atoms with Crippen LogP contribution in [0, 0.1) is 0 Å². The predicted molar refractivity (Wildman–Crippen MR) is 70.2 cm³/mol. The van der Waals surface area contributed by atoms with Crippen LogP contribution in [0.3, 0.4) is 0 Å². The first-order valence-electron chi connectivity index (χ1n) is 5.57. The molecule has 0 radical (unpaired) electrons. The number of carbonyl (C=O) groups is 1. The van der Waals surface area contributed by atoms with Crippen LogP contribution in [0.1, 0.15) is 12.5 Å². The lowest BCUT2D eigenvalue weighted by molar-refractivity contribution is -0.120. The third kappa shape index (κ3) is 3.51. The maximum absolute atomic E-state index is 11.6. The van der Waals surface area contributed by atoms with Crippen molar-refractivity contribution in [2.45, 2.75) is 19.4 Å². The first kappa shape index (κ1) is 14.6. The van der Waals surface area contributed by atoms with E-state index in [1.807, 2.05) is 25.1 Å². The topological polar surface area (TPSA) is 73.6 Å². The van der Waals surface area contributed by atoms with Crippen molar-refractivity contribution in [3.8, 4) is 11.5 Å². The summed E-state index contributed by atoms with van der Waals surface area (Å²) < 4.78 is 10.5. The highest BCUT2D eigenvalue weighted by atomic mass is 35.5. The first-order chi connectivity index (χ1) is 8.19. The third-order valence-electron chi connectivity index (χ3n) is 2.56. The number of carbonyl (C=O) groups excluding carboxylic acids is 1. The maximum Gasteiger partial charge on any atom is 0.231 e. The van der Waals surface area contributed by atoms with Gasteiger partial charge in [-0.2, -0.15) is 0 Å². The molecule has 0 saturated carbocycles. The molecule has 0 unspecified atom stereocenters. The Labute approximate surface area is 112 Å². The number of amides is 1. The quantitative estimate of drug-likeness (QED) is 0.852. The second kappa shape index (κ2) is 6.47. The van der Waals surface area contributed by atoms with Crippen molar-refractivity contribution < 1.29 is 14.3 Å². The van der Waals surface area contributed by atoms with Crippen molar-refractivity contribution in [1.29, 1.82) is 0 Å². The molecule has 2 rings (SSSR count). The van der Waals surface area contributed by atoms with Crippen LogP contribution >= 0.6 is 12.4 Å². The second-order valence-corrected chi connectivity index (χ2v) is 4.07. The molecule has 1 aliphatic heterocycles. The average Bonchev–Trinajstić information content (AvgIpc) is 2.75. The zero-order valence-corrected chi connectivity index (χ0v) is 11.0. The second-order valence-electron chi connectivity index (χ2n) is 4.07. The highest BCUT2D eigenvalue weighted by molar-refractivity contribution is 5.85. The van der Waals surface area contributed by atoms with Gasteiger partial charge in [-0.1, -0.05) is 6.07 Å². The summed E-state index contributed by atoms with van der Waals surface area (Å²) in [6, 6.07) is 5.50. The van der Waals surface area contributed by atoms with Crippen molar-refractivity contribution in [2.24, 2.45) is 5.73 Å². The Morgan fingerprint density at radius 1 is 1.44 bits per heavy atom. The minimum Gasteiger partial charge on any atom is -0.454 e. The molecule has 1 heterocycles. The fourth-order valence-corrected chi connectivity index (χ4v) is 1.62. The van der Waals surface area contributed by atoms with Gasteiger partial charge in [0.15, 0.2) is 11.5 Å². The van der Waals surface area contributed by atoms with E-state index in [0.717, 1.165) is 11.3 Å². The zero-order valence-electron chi connectivity index (χ0n) is 10.1. The number of nitrogens with two attached hydrogens (primary N) is 1. The molecule has 5 nitrogen and oxygen atoms in total. The van der Waals surface area contributed by atoms with Gasteiger partial charge in [-0.25, -0.2) is 0 Å². The number of hydrogen-bond donors (Lipinski definition) is 2. The maximum atomic E-state index is 11.6. The van der Waals surface area contributed by atoms with E-state index in [1.54, 1.807) is 0 Å². The standard InChI is InChI=1S/C12H16N2O3.ClH/c1-8(6-13)14-12(15)5-9-2-3-10-11(4-9)17-7-16-10;/h2-4,8H,5-7,13H2,1H3,(H,14,15);1H/t8-;/m0./s1. The van der Waals surface area contributed by atoms with Gasteiger partial charge in [-0.05, 0) is 24.6 Å². The molecule has 0 fully saturated rings. The van der Waals surface area contributed by atoms with Gasteiger partial charge in [0, 0.05) is 12.6 Å². The van der Waals surface area contributed by atoms with Gasteiger partial charge in [0.05, 0.1) is 6.42 Å². The lowest BCUT2D eigenvalue weighted by Gasteiger charge is -2.11. The molecule has 3 N–H and O–H groups in total. The first-order valence-corrected chi connectivity index (χ1v) is 5.57. The van der Waals surface area contributed by atoms with Crippen LogP contribution in [0.2, 0.25) is 0 Å². The molecule has 0 spiro atoms. The number of hydrogen-bond acceptors (Lipinski definition) is 4. The number of halogens is 1. The van der Waals surface area contributed by atoms with E-state index < -0.39 is 0 Å². The average molecular weight is 273 g/mol. The largest absolute Gasteiger partial charge is 0.454 e. The molecule has 1 amide bonds. The van der Waals surface area contributed by atoms with Crippen LogP contribution in [-0.4, -0.2) is 25.3 Å². The fraction of sp³-hybridized carbons (Fsp3) is 0.417. The Hall–Kier alpha value is -1.46. The fourth-order valence-electron chi connectivity index (χ4n) is 1.62. The van der Waals surface area contributed by atoms with E-state index in [1.165, 1.54) is 0 Å². The lowest BCUT2D eigenvalue weighted by Crippen LogP contribution is -2.38. The molecule has 0 bridgehead atoms. The number of rotatable bonds is 4.